The molecule has 6 aromatic heterocycles. The van der Waals surface area contributed by atoms with Crippen molar-refractivity contribution in [3.63, 3.8) is 0 Å². The minimum atomic E-state index is 0.588. The molecular formula is C81H48N6S2. The quantitative estimate of drug-likeness (QED) is 0.152. The van der Waals surface area contributed by atoms with E-state index in [0.717, 1.165) is 88.8 Å². The van der Waals surface area contributed by atoms with E-state index >= 15 is 0 Å². The van der Waals surface area contributed by atoms with Crippen LogP contribution in [0.1, 0.15) is 0 Å². The van der Waals surface area contributed by atoms with Crippen molar-refractivity contribution < 1.29 is 0 Å². The fourth-order valence-corrected chi connectivity index (χ4v) is 16.5. The molecule has 0 unspecified atom stereocenters. The highest BCUT2D eigenvalue weighted by Gasteiger charge is 2.27. The maximum absolute atomic E-state index is 5.56. The van der Waals surface area contributed by atoms with E-state index in [1.807, 2.05) is 0 Å². The van der Waals surface area contributed by atoms with Crippen molar-refractivity contribution in [1.82, 2.24) is 28.7 Å². The Bertz CT molecular complexity index is 5820. The van der Waals surface area contributed by atoms with Crippen LogP contribution in [0.15, 0.2) is 291 Å². The Labute approximate surface area is 518 Å². The Morgan fingerprint density at radius 2 is 0.640 bits per heavy atom. The van der Waals surface area contributed by atoms with Gasteiger partial charge in [0.05, 0.1) is 44.5 Å². The summed E-state index contributed by atoms with van der Waals surface area (Å²) in [5.74, 6) is 1.82. The van der Waals surface area contributed by atoms with Crippen LogP contribution in [0.5, 0.6) is 0 Å². The van der Waals surface area contributed by atoms with E-state index in [0.29, 0.717) is 17.5 Å². The van der Waals surface area contributed by atoms with Crippen LogP contribution in [-0.2, 0) is 0 Å². The van der Waals surface area contributed by atoms with Crippen LogP contribution in [0.4, 0.5) is 0 Å². The van der Waals surface area contributed by atoms with Crippen LogP contribution in [0, 0.1) is 0 Å². The van der Waals surface area contributed by atoms with Crippen LogP contribution in [0.25, 0.3) is 179 Å². The molecule has 0 N–H and O–H groups in total. The van der Waals surface area contributed by atoms with Gasteiger partial charge in [-0.1, -0.05) is 200 Å². The second-order valence-corrected chi connectivity index (χ2v) is 25.2. The standard InChI is InChI=1S/C81H48N6S2/c1-3-20-49(21-4-1)63-44-53(81-83-79(51-38-41-61-59-28-11-17-36-73(59)88-75(61)46-51)82-80(84-81)52-39-42-62-60-29-12-18-37-74(60)89-76(62)47-52)45-64(50-22-5-2-6-23-50)78(63)87-70-43-40-54(85-66-30-13-7-24-55(66)56-25-8-14-31-67(56)85)48-65(70)77-71(34-19-35-72(77)87)86-68-32-15-9-26-57(68)58-27-10-16-33-69(58)86/h1-48H. The average Bonchev–Trinajstić information content (AvgIpc) is 1.63. The lowest BCUT2D eigenvalue weighted by Gasteiger charge is -2.21. The Morgan fingerprint density at radius 1 is 0.236 bits per heavy atom. The van der Waals surface area contributed by atoms with Crippen molar-refractivity contribution in [2.45, 2.75) is 0 Å². The Balaban J connectivity index is 0.910. The van der Waals surface area contributed by atoms with E-state index in [2.05, 4.69) is 305 Å². The summed E-state index contributed by atoms with van der Waals surface area (Å²) in [6.45, 7) is 0. The van der Waals surface area contributed by atoms with E-state index < -0.39 is 0 Å². The lowest BCUT2D eigenvalue weighted by Crippen LogP contribution is -2.04. The molecule has 8 heteroatoms. The molecule has 0 spiro atoms. The van der Waals surface area contributed by atoms with Gasteiger partial charge in [0.25, 0.3) is 0 Å². The molecule has 6 heterocycles. The van der Waals surface area contributed by atoms with E-state index in [9.17, 15) is 0 Å². The average molecular weight is 1170 g/mol. The largest absolute Gasteiger partial charge is 0.309 e. The fraction of sp³-hybridized carbons (Fsp3) is 0. The number of aromatic nitrogens is 6. The van der Waals surface area contributed by atoms with Gasteiger partial charge in [0.15, 0.2) is 17.5 Å². The molecule has 0 radical (unpaired) electrons. The first kappa shape index (κ1) is 49.9. The van der Waals surface area contributed by atoms with Gasteiger partial charge in [0.1, 0.15) is 0 Å². The number of hydrogen-bond donors (Lipinski definition) is 0. The SMILES string of the molecule is c1ccc(-c2cc(-c3nc(-c4ccc5c(c4)sc4ccccc45)nc(-c4ccc5c(c4)sc4ccccc45)n3)cc(-c3ccccc3)c2-n2c3ccc(-n4c5ccccc5c5ccccc54)cc3c3c(-n4c5ccccc5c5ccccc54)cccc32)cc1. The van der Waals surface area contributed by atoms with Crippen LogP contribution >= 0.6 is 22.7 Å². The highest BCUT2D eigenvalue weighted by atomic mass is 32.1. The summed E-state index contributed by atoms with van der Waals surface area (Å²) < 4.78 is 12.3. The highest BCUT2D eigenvalue weighted by Crippen LogP contribution is 2.48. The molecule has 0 saturated heterocycles. The molecule has 0 atom stereocenters. The number of nitrogens with zero attached hydrogens (tertiary/aromatic N) is 6. The van der Waals surface area contributed by atoms with Crippen LogP contribution in [-0.4, -0.2) is 28.7 Å². The number of rotatable bonds is 8. The number of thiophene rings is 2. The van der Waals surface area contributed by atoms with Gasteiger partial charge in [-0.3, -0.25) is 0 Å². The lowest BCUT2D eigenvalue weighted by molar-refractivity contribution is 1.07. The van der Waals surface area contributed by atoms with Gasteiger partial charge in [-0.15, -0.1) is 22.7 Å². The molecule has 19 aromatic rings. The number of benzene rings is 13. The Kier molecular flexibility index (Phi) is 11.0. The van der Waals surface area contributed by atoms with Gasteiger partial charge in [-0.25, -0.2) is 15.0 Å². The van der Waals surface area contributed by atoms with Gasteiger partial charge in [-0.2, -0.15) is 0 Å². The molecule has 0 aliphatic heterocycles. The number of fused-ring (bicyclic) bond motifs is 15. The molecule has 0 fully saturated rings. The van der Waals surface area contributed by atoms with Crippen molar-refractivity contribution in [2.24, 2.45) is 0 Å². The maximum atomic E-state index is 5.56. The monoisotopic (exact) mass is 1170 g/mol. The molecule has 13 aromatic carbocycles. The van der Waals surface area contributed by atoms with E-state index in [-0.39, 0.29) is 0 Å². The minimum Gasteiger partial charge on any atom is -0.309 e. The second-order valence-electron chi connectivity index (χ2n) is 23.0. The summed E-state index contributed by atoms with van der Waals surface area (Å²) in [5, 5.41) is 12.1. The first-order chi connectivity index (χ1) is 44.1. The lowest BCUT2D eigenvalue weighted by atomic mass is 9.92. The summed E-state index contributed by atoms with van der Waals surface area (Å²) in [4.78, 5) is 16.5. The van der Waals surface area contributed by atoms with Gasteiger partial charge in [0, 0.05) is 106 Å². The van der Waals surface area contributed by atoms with Crippen molar-refractivity contribution in [2.75, 3.05) is 0 Å². The van der Waals surface area contributed by atoms with Crippen molar-refractivity contribution in [1.29, 1.82) is 0 Å². The Hall–Kier alpha value is -11.3. The van der Waals surface area contributed by atoms with E-state index in [4.69, 9.17) is 15.0 Å². The minimum absolute atomic E-state index is 0.588. The molecular weight excluding hydrogens is 1120 g/mol. The zero-order chi connectivity index (χ0) is 58.3. The van der Waals surface area contributed by atoms with Crippen molar-refractivity contribution >= 4 is 128 Å². The van der Waals surface area contributed by atoms with Crippen LogP contribution in [0.3, 0.4) is 0 Å². The highest BCUT2D eigenvalue weighted by molar-refractivity contribution is 7.26. The molecule has 0 aliphatic carbocycles. The fourth-order valence-electron chi connectivity index (χ4n) is 14.2. The third-order valence-electron chi connectivity index (χ3n) is 18.1. The molecule has 414 valence electrons. The third kappa shape index (κ3) is 7.71. The maximum Gasteiger partial charge on any atom is 0.164 e. The summed E-state index contributed by atoms with van der Waals surface area (Å²) >= 11 is 3.60. The Morgan fingerprint density at radius 3 is 1.15 bits per heavy atom. The van der Waals surface area contributed by atoms with Crippen molar-refractivity contribution in [3.05, 3.63) is 291 Å². The molecule has 0 saturated carbocycles. The molecule has 0 amide bonds. The zero-order valence-electron chi connectivity index (χ0n) is 47.7. The number of para-hydroxylation sites is 4. The number of hydrogen-bond acceptors (Lipinski definition) is 5. The van der Waals surface area contributed by atoms with E-state index in [1.165, 1.54) is 72.9 Å². The van der Waals surface area contributed by atoms with Gasteiger partial charge in [0.2, 0.25) is 0 Å². The molecule has 19 rings (SSSR count). The van der Waals surface area contributed by atoms with Crippen LogP contribution < -0.4 is 0 Å². The summed E-state index contributed by atoms with van der Waals surface area (Å²) in [5.41, 5.74) is 17.0. The third-order valence-corrected chi connectivity index (χ3v) is 20.3. The molecule has 6 nitrogen and oxygen atoms in total. The molecule has 0 bridgehead atoms. The first-order valence-electron chi connectivity index (χ1n) is 30.1. The van der Waals surface area contributed by atoms with Gasteiger partial charge >= 0.3 is 0 Å². The van der Waals surface area contributed by atoms with Gasteiger partial charge < -0.3 is 13.7 Å². The molecule has 89 heavy (non-hydrogen) atoms. The summed E-state index contributed by atoms with van der Waals surface area (Å²) in [7, 11) is 0. The zero-order valence-corrected chi connectivity index (χ0v) is 49.3. The first-order valence-corrected chi connectivity index (χ1v) is 31.7. The van der Waals surface area contributed by atoms with Crippen LogP contribution in [0.2, 0.25) is 0 Å². The summed E-state index contributed by atoms with van der Waals surface area (Å²) in [6, 6.07) is 106. The van der Waals surface area contributed by atoms with Gasteiger partial charge in [-0.05, 0) is 102 Å². The normalized spacial score (nSPS) is 12.0. The second kappa shape index (κ2) is 19.6. The topological polar surface area (TPSA) is 53.5 Å². The predicted octanol–water partition coefficient (Wildman–Crippen LogP) is 22.2. The summed E-state index contributed by atoms with van der Waals surface area (Å²) in [6.07, 6.45) is 0. The van der Waals surface area contributed by atoms with Crippen molar-refractivity contribution in [3.8, 4) is 73.5 Å². The van der Waals surface area contributed by atoms with E-state index in [1.54, 1.807) is 22.7 Å². The predicted molar refractivity (Wildman–Crippen MR) is 376 cm³/mol. The molecule has 0 aliphatic rings. The smallest absolute Gasteiger partial charge is 0.164 e.